The summed E-state index contributed by atoms with van der Waals surface area (Å²) < 4.78 is 13.4. The Labute approximate surface area is 200 Å². The van der Waals surface area contributed by atoms with Crippen molar-refractivity contribution in [2.75, 3.05) is 33.0 Å². The number of fused-ring (bicyclic) bond motifs is 1. The number of amides is 1. The van der Waals surface area contributed by atoms with Crippen molar-refractivity contribution >= 4 is 35.8 Å². The third-order valence-corrected chi connectivity index (χ3v) is 4.95. The normalized spacial score (nSPS) is 12.9. The van der Waals surface area contributed by atoms with Crippen LogP contribution in [-0.2, 0) is 9.59 Å². The Balaban J connectivity index is 0.000000372. The molecule has 0 spiro atoms. The lowest BCUT2D eigenvalue weighted by atomic mass is 10.0. The van der Waals surface area contributed by atoms with Crippen molar-refractivity contribution in [1.82, 2.24) is 15.4 Å². The molecule has 0 aliphatic carbocycles. The van der Waals surface area contributed by atoms with Crippen LogP contribution in [0.1, 0.15) is 58.6 Å². The molecule has 1 aromatic carbocycles. The molecule has 1 aromatic heterocycles. The van der Waals surface area contributed by atoms with Gasteiger partial charge >= 0.3 is 0 Å². The predicted molar refractivity (Wildman–Crippen MR) is 132 cm³/mol. The van der Waals surface area contributed by atoms with Crippen molar-refractivity contribution in [2.24, 2.45) is 0 Å². The minimum atomic E-state index is -0.399. The summed E-state index contributed by atoms with van der Waals surface area (Å²) in [5, 5.41) is 14.6. The number of aryl methyl sites for hydroxylation is 1. The molecule has 0 saturated carbocycles. The number of aromatic nitrogens is 1. The second-order valence-electron chi connectivity index (χ2n) is 7.99. The molecule has 0 unspecified atom stereocenters. The number of rotatable bonds is 8. The quantitative estimate of drug-likeness (QED) is 0.199. The molecule has 1 aliphatic heterocycles. The van der Waals surface area contributed by atoms with Crippen LogP contribution in [0.3, 0.4) is 0 Å². The maximum Gasteiger partial charge on any atom is 0.256 e. The first kappa shape index (κ1) is 28.9. The first-order chi connectivity index (χ1) is 16.2. The fourth-order valence-electron chi connectivity index (χ4n) is 3.26. The van der Waals surface area contributed by atoms with Crippen LogP contribution in [0.4, 0.5) is 10.1 Å². The fourth-order valence-corrected chi connectivity index (χ4v) is 3.26. The molecule has 9 heteroatoms. The highest BCUT2D eigenvalue weighted by Crippen LogP contribution is 2.34. The van der Waals surface area contributed by atoms with E-state index < -0.39 is 5.82 Å². The van der Waals surface area contributed by atoms with Crippen LogP contribution < -0.4 is 10.6 Å². The number of hydroxylamine groups is 2. The average Bonchev–Trinajstić information content (AvgIpc) is 3.22. The van der Waals surface area contributed by atoms with Crippen LogP contribution in [0.2, 0.25) is 0 Å². The van der Waals surface area contributed by atoms with Gasteiger partial charge in [-0.2, -0.15) is 5.06 Å². The Bertz CT molecular complexity index is 996. The second-order valence-corrected chi connectivity index (χ2v) is 7.99. The number of hydrogen-bond acceptors (Lipinski definition) is 6. The average molecular weight is 475 g/mol. The van der Waals surface area contributed by atoms with Gasteiger partial charge in [-0.3, -0.25) is 9.59 Å². The van der Waals surface area contributed by atoms with Gasteiger partial charge in [0.15, 0.2) is 6.29 Å². The highest BCUT2D eigenvalue weighted by Gasteiger charge is 2.25. The summed E-state index contributed by atoms with van der Waals surface area (Å²) in [5.74, 6) is -0.681. The highest BCUT2D eigenvalue weighted by atomic mass is 19.1. The van der Waals surface area contributed by atoms with E-state index in [1.165, 1.54) is 31.0 Å². The van der Waals surface area contributed by atoms with Crippen molar-refractivity contribution in [2.45, 2.75) is 39.5 Å². The van der Waals surface area contributed by atoms with E-state index in [-0.39, 0.29) is 5.91 Å². The first-order valence-electron chi connectivity index (χ1n) is 11.1. The SMILES string of the molecule is CN(C)O.CNCCCCCC=O.Cc1[nH]c(/C=C2\C(=O)Nc3ccc(F)cc32)c(C)c1C=O. The Morgan fingerprint density at radius 3 is 2.38 bits per heavy atom. The number of nitrogens with one attached hydrogen (secondary N) is 3. The van der Waals surface area contributed by atoms with Gasteiger partial charge in [0, 0.05) is 48.7 Å². The Kier molecular flexibility index (Phi) is 12.7. The summed E-state index contributed by atoms with van der Waals surface area (Å²) in [7, 11) is 5.06. The number of benzene rings is 1. The molecule has 1 amide bonds. The maximum atomic E-state index is 13.4. The summed E-state index contributed by atoms with van der Waals surface area (Å²) in [4.78, 5) is 36.0. The molecule has 2 aromatic rings. The molecular weight excluding hydrogens is 439 g/mol. The summed E-state index contributed by atoms with van der Waals surface area (Å²) in [6, 6.07) is 4.16. The number of carbonyl (C=O) groups is 3. The number of unbranched alkanes of at least 4 members (excludes halogenated alkanes) is 3. The first-order valence-corrected chi connectivity index (χ1v) is 11.1. The van der Waals surface area contributed by atoms with E-state index >= 15 is 0 Å². The van der Waals surface area contributed by atoms with Gasteiger partial charge in [0.05, 0.1) is 5.57 Å². The zero-order valence-electron chi connectivity index (χ0n) is 20.5. The number of H-pyrrole nitrogens is 1. The molecule has 0 atom stereocenters. The van der Waals surface area contributed by atoms with E-state index in [4.69, 9.17) is 5.21 Å². The molecule has 8 nitrogen and oxygen atoms in total. The second kappa shape index (κ2) is 14.9. The number of carbonyl (C=O) groups excluding carboxylic acids is 3. The third-order valence-electron chi connectivity index (χ3n) is 4.95. The van der Waals surface area contributed by atoms with Crippen LogP contribution in [0.15, 0.2) is 18.2 Å². The van der Waals surface area contributed by atoms with Crippen LogP contribution >= 0.6 is 0 Å². The van der Waals surface area contributed by atoms with Crippen LogP contribution in [0.5, 0.6) is 0 Å². The number of aldehydes is 2. The van der Waals surface area contributed by atoms with Crippen molar-refractivity contribution in [3.63, 3.8) is 0 Å². The summed E-state index contributed by atoms with van der Waals surface area (Å²) in [6.07, 6.45) is 7.54. The number of aromatic amines is 1. The number of halogens is 1. The van der Waals surface area contributed by atoms with Gasteiger partial charge in [-0.25, -0.2) is 4.39 Å². The van der Waals surface area contributed by atoms with Crippen molar-refractivity contribution in [1.29, 1.82) is 0 Å². The molecule has 0 saturated heterocycles. The molecule has 1 aliphatic rings. The van der Waals surface area contributed by atoms with Gasteiger partial charge < -0.3 is 25.6 Å². The van der Waals surface area contributed by atoms with Gasteiger partial charge in [-0.1, -0.05) is 6.42 Å². The van der Waals surface area contributed by atoms with Gasteiger partial charge in [0.25, 0.3) is 5.91 Å². The fraction of sp³-hybridized carbons (Fsp3) is 0.400. The third kappa shape index (κ3) is 9.01. The molecule has 34 heavy (non-hydrogen) atoms. The Hall–Kier alpha value is -3.14. The van der Waals surface area contributed by atoms with Crippen molar-refractivity contribution < 1.29 is 24.0 Å². The molecular formula is C25H35FN4O4. The number of nitrogens with zero attached hydrogens (tertiary/aromatic N) is 1. The summed E-state index contributed by atoms with van der Waals surface area (Å²) in [6.45, 7) is 4.67. The largest absolute Gasteiger partial charge is 0.358 e. The van der Waals surface area contributed by atoms with Crippen LogP contribution in [-0.4, -0.2) is 61.4 Å². The predicted octanol–water partition coefficient (Wildman–Crippen LogP) is 3.98. The lowest BCUT2D eigenvalue weighted by Gasteiger charge is -1.99. The number of hydrogen-bond donors (Lipinski definition) is 4. The zero-order chi connectivity index (χ0) is 25.7. The van der Waals surface area contributed by atoms with E-state index in [1.54, 1.807) is 34.0 Å². The van der Waals surface area contributed by atoms with Gasteiger partial charge in [0.1, 0.15) is 12.1 Å². The number of anilines is 1. The van der Waals surface area contributed by atoms with Crippen molar-refractivity contribution in [3.8, 4) is 0 Å². The van der Waals surface area contributed by atoms with E-state index in [0.717, 1.165) is 48.3 Å². The molecule has 0 bridgehead atoms. The van der Waals surface area contributed by atoms with Crippen LogP contribution in [0.25, 0.3) is 11.6 Å². The zero-order valence-corrected chi connectivity index (χ0v) is 20.5. The summed E-state index contributed by atoms with van der Waals surface area (Å²) >= 11 is 0. The van der Waals surface area contributed by atoms with E-state index in [0.29, 0.717) is 28.1 Å². The van der Waals surface area contributed by atoms with E-state index in [9.17, 15) is 18.8 Å². The Morgan fingerprint density at radius 2 is 1.82 bits per heavy atom. The van der Waals surface area contributed by atoms with Gasteiger partial charge in [-0.05, 0) is 70.1 Å². The van der Waals surface area contributed by atoms with Crippen molar-refractivity contribution in [3.05, 3.63) is 52.1 Å². The highest BCUT2D eigenvalue weighted by molar-refractivity contribution is 6.34. The molecule has 4 N–H and O–H groups in total. The maximum absolute atomic E-state index is 13.4. The summed E-state index contributed by atoms with van der Waals surface area (Å²) in [5.41, 5.74) is 4.27. The molecule has 0 fully saturated rings. The lowest BCUT2D eigenvalue weighted by Crippen LogP contribution is -2.06. The molecule has 186 valence electrons. The smallest absolute Gasteiger partial charge is 0.256 e. The van der Waals surface area contributed by atoms with E-state index in [1.807, 2.05) is 7.05 Å². The minimum absolute atomic E-state index is 0.282. The van der Waals surface area contributed by atoms with E-state index in [2.05, 4.69) is 15.6 Å². The monoisotopic (exact) mass is 474 g/mol. The standard InChI is InChI=1S/C16H13FN2O2.C7H15NO.C2H7NO/c1-8-13(7-20)9(2)18-15(8)6-12-11-5-10(17)3-4-14(11)19-16(12)21;1-8-6-4-2-3-5-7-9;1-3(2)4/h3-7,18H,1-2H3,(H,19,21);7-8H,2-6H2,1H3;4H,1-2H3/b12-6-;;. The Morgan fingerprint density at radius 1 is 1.15 bits per heavy atom. The van der Waals surface area contributed by atoms with Gasteiger partial charge in [0.2, 0.25) is 0 Å². The topological polar surface area (TPSA) is 115 Å². The van der Waals surface area contributed by atoms with Crippen LogP contribution in [0, 0.1) is 19.7 Å². The van der Waals surface area contributed by atoms with Gasteiger partial charge in [-0.15, -0.1) is 0 Å². The molecule has 0 radical (unpaired) electrons. The minimum Gasteiger partial charge on any atom is -0.358 e. The molecule has 3 rings (SSSR count). The lowest BCUT2D eigenvalue weighted by molar-refractivity contribution is -0.111. The molecule has 2 heterocycles.